The lowest BCUT2D eigenvalue weighted by atomic mass is 10.0. The number of unbranched alkanes of at least 4 members (excludes halogenated alkanes) is 29. The van der Waals surface area contributed by atoms with E-state index in [0.29, 0.717) is 45.2 Å². The van der Waals surface area contributed by atoms with E-state index in [1.807, 2.05) is 19.0 Å². The van der Waals surface area contributed by atoms with Crippen LogP contribution in [0.2, 0.25) is 0 Å². The van der Waals surface area contributed by atoms with Crippen molar-refractivity contribution in [2.45, 2.75) is 304 Å². The van der Waals surface area contributed by atoms with E-state index in [2.05, 4.69) is 51.7 Å². The molecule has 0 aliphatic rings. The molecule has 0 aromatic rings. The molecule has 0 rings (SSSR count). The van der Waals surface area contributed by atoms with Gasteiger partial charge in [0.05, 0.1) is 13.2 Å². The zero-order valence-corrected chi connectivity index (χ0v) is 47.7. The Balaban J connectivity index is 0. The van der Waals surface area contributed by atoms with Gasteiger partial charge in [-0.3, -0.25) is 19.2 Å². The summed E-state index contributed by atoms with van der Waals surface area (Å²) in [6, 6.07) is 0. The largest absolute Gasteiger partial charge is 0.467 e. The lowest BCUT2D eigenvalue weighted by Crippen LogP contribution is -2.40. The van der Waals surface area contributed by atoms with Crippen molar-refractivity contribution in [3.8, 4) is 0 Å². The Morgan fingerprint density at radius 2 is 0.843 bits per heavy atom. The monoisotopic (exact) mass is 991 g/mol. The van der Waals surface area contributed by atoms with E-state index in [-0.39, 0.29) is 43.1 Å². The van der Waals surface area contributed by atoms with Crippen LogP contribution < -0.4 is 0 Å². The first-order chi connectivity index (χ1) is 34.2. The smallest absolute Gasteiger partial charge is 0.306 e. The van der Waals surface area contributed by atoms with Crippen LogP contribution in [0.3, 0.4) is 0 Å². The molecule has 0 bridgehead atoms. The van der Waals surface area contributed by atoms with Crippen LogP contribution in [0.25, 0.3) is 0 Å². The molecule has 0 radical (unpaired) electrons. The molecule has 9 nitrogen and oxygen atoms in total. The van der Waals surface area contributed by atoms with Gasteiger partial charge in [0, 0.05) is 38.3 Å². The molecule has 0 heterocycles. The van der Waals surface area contributed by atoms with Crippen molar-refractivity contribution in [3.63, 3.8) is 0 Å². The molecular weight excluding hydrogens is 873 g/mol. The van der Waals surface area contributed by atoms with Gasteiger partial charge < -0.3 is 24.0 Å². The number of carbonyl (C=O) groups is 4. The number of nitrogens with zero attached hydrogens (tertiary/aromatic N) is 2. The summed E-state index contributed by atoms with van der Waals surface area (Å²) in [5.41, 5.74) is 0. The van der Waals surface area contributed by atoms with E-state index in [0.717, 1.165) is 83.6 Å². The zero-order valence-electron chi connectivity index (χ0n) is 47.7. The SMILES string of the molecule is CCCCCCCC/C=C\CCCCCCCC.CCCCCCCCC(CCCCCCCC)OC(=O)CCCCCCC(=O)OCC(COC=O)CN(CCCN(C)C)C(=O)CCCCCCC. The van der Waals surface area contributed by atoms with Gasteiger partial charge in [0.1, 0.15) is 6.10 Å². The third kappa shape index (κ3) is 53.4. The number of hydrogen-bond donors (Lipinski definition) is 0. The molecule has 414 valence electrons. The summed E-state index contributed by atoms with van der Waals surface area (Å²) in [4.78, 5) is 53.4. The fraction of sp³-hybridized carbons (Fsp3) is 0.902. The maximum atomic E-state index is 13.2. The van der Waals surface area contributed by atoms with E-state index in [1.165, 1.54) is 161 Å². The second kappa shape index (κ2) is 57.5. The van der Waals surface area contributed by atoms with Crippen molar-refractivity contribution in [1.29, 1.82) is 0 Å². The molecule has 9 heteroatoms. The summed E-state index contributed by atoms with van der Waals surface area (Å²) < 4.78 is 16.6. The van der Waals surface area contributed by atoms with E-state index in [9.17, 15) is 19.2 Å². The maximum Gasteiger partial charge on any atom is 0.306 e. The van der Waals surface area contributed by atoms with Crippen LogP contribution in [0.1, 0.15) is 298 Å². The van der Waals surface area contributed by atoms with E-state index in [4.69, 9.17) is 14.2 Å². The molecule has 1 amide bonds. The van der Waals surface area contributed by atoms with E-state index in [1.54, 1.807) is 0 Å². The van der Waals surface area contributed by atoms with Gasteiger partial charge in [0.2, 0.25) is 5.91 Å². The molecule has 0 aliphatic carbocycles. The van der Waals surface area contributed by atoms with Gasteiger partial charge in [-0.15, -0.1) is 0 Å². The Labute approximate surface area is 434 Å². The molecule has 0 aromatic carbocycles. The second-order valence-corrected chi connectivity index (χ2v) is 20.9. The molecule has 0 aliphatic heterocycles. The van der Waals surface area contributed by atoms with Crippen molar-refractivity contribution in [3.05, 3.63) is 12.2 Å². The summed E-state index contributed by atoms with van der Waals surface area (Å²) in [6.45, 7) is 13.7. The number of rotatable bonds is 53. The molecule has 0 saturated heterocycles. The Kier molecular flexibility index (Phi) is 57.2. The average Bonchev–Trinajstić information content (AvgIpc) is 3.35. The number of allylic oxidation sites excluding steroid dienone is 2. The summed E-state index contributed by atoms with van der Waals surface area (Å²) in [6.07, 6.45) is 52.0. The molecule has 0 saturated carbocycles. The predicted octanol–water partition coefficient (Wildman–Crippen LogP) is 17.3. The summed E-state index contributed by atoms with van der Waals surface area (Å²) in [7, 11) is 4.03. The normalized spacial score (nSPS) is 11.8. The highest BCUT2D eigenvalue weighted by Gasteiger charge is 2.21. The fourth-order valence-electron chi connectivity index (χ4n) is 8.88. The molecule has 1 atom stereocenters. The highest BCUT2D eigenvalue weighted by atomic mass is 16.5. The number of amides is 1. The lowest BCUT2D eigenvalue weighted by molar-refractivity contribution is -0.150. The summed E-state index contributed by atoms with van der Waals surface area (Å²) in [5.74, 6) is -0.554. The van der Waals surface area contributed by atoms with Crippen LogP contribution in [0, 0.1) is 5.92 Å². The van der Waals surface area contributed by atoms with Gasteiger partial charge in [-0.05, 0) is 97.7 Å². The van der Waals surface area contributed by atoms with Crippen molar-refractivity contribution in [1.82, 2.24) is 9.80 Å². The Bertz CT molecular complexity index is 1110. The van der Waals surface area contributed by atoms with Gasteiger partial charge >= 0.3 is 11.9 Å². The highest BCUT2D eigenvalue weighted by Crippen LogP contribution is 2.19. The first-order valence-electron chi connectivity index (χ1n) is 30.2. The Hall–Kier alpha value is -2.42. The molecule has 0 N–H and O–H groups in total. The molecule has 0 fully saturated rings. The minimum absolute atomic E-state index is 0.0409. The number of carbonyl (C=O) groups excluding carboxylic acids is 4. The van der Waals surface area contributed by atoms with Crippen LogP contribution in [-0.4, -0.2) is 87.2 Å². The zero-order chi connectivity index (χ0) is 51.8. The minimum Gasteiger partial charge on any atom is -0.467 e. The van der Waals surface area contributed by atoms with Crippen LogP contribution in [0.15, 0.2) is 12.2 Å². The van der Waals surface area contributed by atoms with Gasteiger partial charge in [-0.2, -0.15) is 0 Å². The standard InChI is InChI=1S/C43H82N2O7.C18H36/c1-6-9-12-15-18-22-28-40(29-23-19-16-13-10-7-2)52-43(49)32-26-21-20-25-31-42(48)51-37-39(36-50-38-46)35-45(34-27-33-44(4)5)41(47)30-24-17-14-11-8-3;1-3-5-7-9-11-13-15-17-18-16-14-12-10-8-6-4-2/h38-40H,6-37H2,1-5H3;17-18H,3-16H2,1-2H3/b;18-17-. The second-order valence-electron chi connectivity index (χ2n) is 20.9. The topological polar surface area (TPSA) is 102 Å². The number of ether oxygens (including phenoxy) is 3. The van der Waals surface area contributed by atoms with Crippen LogP contribution >= 0.6 is 0 Å². The van der Waals surface area contributed by atoms with Crippen molar-refractivity contribution in [2.24, 2.45) is 5.92 Å². The Morgan fingerprint density at radius 3 is 1.29 bits per heavy atom. The van der Waals surface area contributed by atoms with E-state index >= 15 is 0 Å². The van der Waals surface area contributed by atoms with Gasteiger partial charge in [-0.25, -0.2) is 0 Å². The average molecular weight is 992 g/mol. The van der Waals surface area contributed by atoms with Crippen molar-refractivity contribution >= 4 is 24.3 Å². The predicted molar refractivity (Wildman–Crippen MR) is 298 cm³/mol. The highest BCUT2D eigenvalue weighted by molar-refractivity contribution is 5.76. The van der Waals surface area contributed by atoms with Crippen molar-refractivity contribution < 1.29 is 33.4 Å². The summed E-state index contributed by atoms with van der Waals surface area (Å²) in [5, 5.41) is 0. The first-order valence-corrected chi connectivity index (χ1v) is 30.2. The Morgan fingerprint density at radius 1 is 0.443 bits per heavy atom. The molecule has 1 unspecified atom stereocenters. The molecule has 0 aromatic heterocycles. The quantitative estimate of drug-likeness (QED) is 0.0195. The minimum atomic E-state index is -0.288. The third-order valence-corrected chi connectivity index (χ3v) is 13.4. The van der Waals surface area contributed by atoms with Crippen LogP contribution in [-0.2, 0) is 33.4 Å². The van der Waals surface area contributed by atoms with Gasteiger partial charge in [-0.1, -0.05) is 214 Å². The van der Waals surface area contributed by atoms with Gasteiger partial charge in [0.15, 0.2) is 0 Å². The number of hydrogen-bond acceptors (Lipinski definition) is 8. The van der Waals surface area contributed by atoms with Gasteiger partial charge in [0.25, 0.3) is 6.47 Å². The molecular formula is C61H118N2O7. The fourth-order valence-corrected chi connectivity index (χ4v) is 8.88. The van der Waals surface area contributed by atoms with Crippen molar-refractivity contribution in [2.75, 3.05) is 46.9 Å². The molecule has 70 heavy (non-hydrogen) atoms. The summed E-state index contributed by atoms with van der Waals surface area (Å²) >= 11 is 0. The number of esters is 2. The first kappa shape index (κ1) is 69.7. The van der Waals surface area contributed by atoms with Crippen LogP contribution in [0.4, 0.5) is 0 Å². The lowest BCUT2D eigenvalue weighted by Gasteiger charge is -2.28. The third-order valence-electron chi connectivity index (χ3n) is 13.4. The van der Waals surface area contributed by atoms with E-state index < -0.39 is 0 Å². The van der Waals surface area contributed by atoms with Crippen LogP contribution in [0.5, 0.6) is 0 Å². The molecule has 0 spiro atoms. The maximum absolute atomic E-state index is 13.2.